The molecule has 0 aromatic carbocycles. The second-order valence-electron chi connectivity index (χ2n) is 8.74. The molecular formula is C25H25N7O5S2. The van der Waals surface area contributed by atoms with Crippen LogP contribution in [0.1, 0.15) is 41.3 Å². The van der Waals surface area contributed by atoms with Gasteiger partial charge in [0.1, 0.15) is 5.69 Å². The summed E-state index contributed by atoms with van der Waals surface area (Å²) in [6.07, 6.45) is 8.90. The highest BCUT2D eigenvalue weighted by molar-refractivity contribution is 7.93. The molecule has 4 aromatic rings. The zero-order chi connectivity index (χ0) is 27.4. The Morgan fingerprint density at radius 1 is 1.21 bits per heavy atom. The van der Waals surface area contributed by atoms with Crippen LogP contribution in [0.4, 0.5) is 5.69 Å². The fourth-order valence-electron chi connectivity index (χ4n) is 3.75. The van der Waals surface area contributed by atoms with Crippen molar-refractivity contribution in [2.75, 3.05) is 11.3 Å². The number of anilines is 1. The van der Waals surface area contributed by atoms with Crippen LogP contribution in [0.25, 0.3) is 10.6 Å². The lowest BCUT2D eigenvalue weighted by atomic mass is 10.1. The Bertz CT molecular complexity index is 1650. The topological polar surface area (TPSA) is 158 Å². The molecule has 0 aliphatic heterocycles. The minimum absolute atomic E-state index is 0.0668. The van der Waals surface area contributed by atoms with Crippen molar-refractivity contribution in [3.63, 3.8) is 0 Å². The number of nitrogens with one attached hydrogen (secondary N) is 2. The van der Waals surface area contributed by atoms with E-state index >= 15 is 0 Å². The van der Waals surface area contributed by atoms with E-state index in [0.717, 1.165) is 11.3 Å². The molecule has 1 aliphatic carbocycles. The third-order valence-corrected chi connectivity index (χ3v) is 8.69. The van der Waals surface area contributed by atoms with Crippen molar-refractivity contribution < 1.29 is 17.9 Å². The summed E-state index contributed by atoms with van der Waals surface area (Å²) in [5.41, 5.74) is 0.965. The highest BCUT2D eigenvalue weighted by Gasteiger charge is 2.35. The quantitative estimate of drug-likeness (QED) is 0.278. The summed E-state index contributed by atoms with van der Waals surface area (Å²) in [6, 6.07) is 7.08. The number of rotatable bonds is 11. The van der Waals surface area contributed by atoms with Gasteiger partial charge in [0.15, 0.2) is 5.01 Å². The number of hydrogen-bond donors (Lipinski definition) is 2. The first-order chi connectivity index (χ1) is 18.8. The molecule has 1 fully saturated rings. The molecule has 12 nitrogen and oxygen atoms in total. The van der Waals surface area contributed by atoms with Crippen molar-refractivity contribution in [1.29, 1.82) is 0 Å². The van der Waals surface area contributed by atoms with E-state index in [1.54, 1.807) is 36.7 Å². The van der Waals surface area contributed by atoms with Gasteiger partial charge in [0, 0.05) is 24.7 Å². The third-order valence-electron chi connectivity index (χ3n) is 5.80. The Hall–Kier alpha value is -4.17. The number of aromatic nitrogens is 5. The van der Waals surface area contributed by atoms with Gasteiger partial charge >= 0.3 is 0 Å². The second-order valence-corrected chi connectivity index (χ2v) is 11.7. The van der Waals surface area contributed by atoms with Crippen LogP contribution in [0.3, 0.4) is 0 Å². The van der Waals surface area contributed by atoms with E-state index in [4.69, 9.17) is 4.74 Å². The monoisotopic (exact) mass is 567 g/mol. The lowest BCUT2D eigenvalue weighted by Gasteiger charge is -2.20. The van der Waals surface area contributed by atoms with Crippen molar-refractivity contribution in [3.8, 4) is 16.5 Å². The largest absolute Gasteiger partial charge is 0.477 e. The van der Waals surface area contributed by atoms with Crippen LogP contribution in [-0.4, -0.2) is 50.7 Å². The smallest absolute Gasteiger partial charge is 0.280 e. The van der Waals surface area contributed by atoms with Crippen LogP contribution in [0.5, 0.6) is 5.88 Å². The third kappa shape index (κ3) is 6.46. The molecule has 4 heterocycles. The first-order valence-corrected chi connectivity index (χ1v) is 14.5. The zero-order valence-corrected chi connectivity index (χ0v) is 22.5. The van der Waals surface area contributed by atoms with Gasteiger partial charge in [-0.25, -0.2) is 18.4 Å². The zero-order valence-electron chi connectivity index (χ0n) is 20.9. The van der Waals surface area contributed by atoms with Crippen LogP contribution in [0.2, 0.25) is 0 Å². The second kappa shape index (κ2) is 11.3. The maximum Gasteiger partial charge on any atom is 0.280 e. The molecule has 0 radical (unpaired) electrons. The Labute approximate surface area is 228 Å². The minimum atomic E-state index is -3.49. The molecule has 1 saturated carbocycles. The van der Waals surface area contributed by atoms with Crippen molar-refractivity contribution in [2.24, 2.45) is 0 Å². The van der Waals surface area contributed by atoms with Crippen LogP contribution >= 0.6 is 11.3 Å². The van der Waals surface area contributed by atoms with Crippen LogP contribution in [0, 0.1) is 0 Å². The van der Waals surface area contributed by atoms with E-state index in [1.807, 2.05) is 6.92 Å². The highest BCUT2D eigenvalue weighted by atomic mass is 32.2. The van der Waals surface area contributed by atoms with E-state index in [9.17, 15) is 18.0 Å². The Morgan fingerprint density at radius 2 is 2.05 bits per heavy atom. The number of hydrogen-bond acceptors (Lipinski definition) is 10. The summed E-state index contributed by atoms with van der Waals surface area (Å²) < 4.78 is 34.3. The summed E-state index contributed by atoms with van der Waals surface area (Å²) in [6.45, 7) is 2.35. The Morgan fingerprint density at radius 3 is 2.82 bits per heavy atom. The molecule has 1 aliphatic rings. The number of amides is 1. The SMILES string of the molecule is CCOc1cncc(-c2cnc(C(=O)N[C@H](Cn3ccccc3=O)c3cc(NS(=O)(=O)C4CC4)ccn3)s2)n1. The number of thiazole rings is 1. The average molecular weight is 568 g/mol. The van der Waals surface area contributed by atoms with Crippen molar-refractivity contribution in [1.82, 2.24) is 29.8 Å². The fourth-order valence-corrected chi connectivity index (χ4v) is 5.90. The maximum absolute atomic E-state index is 13.3. The number of sulfonamides is 1. The fraction of sp³-hybridized carbons (Fsp3) is 0.280. The van der Waals surface area contributed by atoms with Gasteiger partial charge in [-0.05, 0) is 38.0 Å². The Balaban J connectivity index is 1.40. The van der Waals surface area contributed by atoms with Crippen molar-refractivity contribution in [2.45, 2.75) is 37.6 Å². The molecule has 1 atom stereocenters. The number of pyridine rings is 2. The van der Waals surface area contributed by atoms with Gasteiger partial charge in [-0.1, -0.05) is 6.07 Å². The molecule has 39 heavy (non-hydrogen) atoms. The molecule has 4 aromatic heterocycles. The average Bonchev–Trinajstić information content (AvgIpc) is 3.68. The predicted octanol–water partition coefficient (Wildman–Crippen LogP) is 2.63. The van der Waals surface area contributed by atoms with E-state index in [-0.39, 0.29) is 17.1 Å². The summed E-state index contributed by atoms with van der Waals surface area (Å²) in [4.78, 5) is 43.4. The number of ether oxygens (including phenoxy) is 1. The molecule has 1 amide bonds. The first-order valence-electron chi connectivity index (χ1n) is 12.2. The van der Waals surface area contributed by atoms with E-state index in [0.29, 0.717) is 47.3 Å². The molecule has 2 N–H and O–H groups in total. The molecule has 0 spiro atoms. The summed E-state index contributed by atoms with van der Waals surface area (Å²) in [5, 5.41) is 2.67. The molecule has 202 valence electrons. The normalized spacial score (nSPS) is 14.0. The van der Waals surface area contributed by atoms with Gasteiger partial charge < -0.3 is 14.6 Å². The Kier molecular flexibility index (Phi) is 7.65. The van der Waals surface area contributed by atoms with Gasteiger partial charge in [-0.2, -0.15) is 0 Å². The van der Waals surface area contributed by atoms with Gasteiger partial charge in [0.25, 0.3) is 11.5 Å². The molecule has 14 heteroatoms. The number of carbonyl (C=O) groups excluding carboxylic acids is 1. The van der Waals surface area contributed by atoms with Crippen molar-refractivity contribution in [3.05, 3.63) is 82.4 Å². The number of nitrogens with zero attached hydrogens (tertiary/aromatic N) is 5. The summed E-state index contributed by atoms with van der Waals surface area (Å²) in [7, 11) is -3.49. The maximum atomic E-state index is 13.3. The minimum Gasteiger partial charge on any atom is -0.477 e. The van der Waals surface area contributed by atoms with Crippen LogP contribution in [-0.2, 0) is 16.6 Å². The molecule has 0 bridgehead atoms. The van der Waals surface area contributed by atoms with Crippen LogP contribution < -0.4 is 20.3 Å². The van der Waals surface area contributed by atoms with Gasteiger partial charge in [0.05, 0.1) is 53.1 Å². The predicted molar refractivity (Wildman–Crippen MR) is 145 cm³/mol. The highest BCUT2D eigenvalue weighted by Crippen LogP contribution is 2.30. The molecule has 0 unspecified atom stereocenters. The van der Waals surface area contributed by atoms with Gasteiger partial charge in [0.2, 0.25) is 15.9 Å². The van der Waals surface area contributed by atoms with E-state index in [1.165, 1.54) is 29.2 Å². The van der Waals surface area contributed by atoms with Crippen LogP contribution in [0.15, 0.2) is 66.1 Å². The van der Waals surface area contributed by atoms with Gasteiger partial charge in [-0.3, -0.25) is 24.3 Å². The standard InChI is InChI=1S/C25H25N7O5S2/c1-2-37-22-14-26-12-19(29-22)21-13-28-25(38-21)24(34)30-20(15-32-10-4-3-5-23(32)33)18-11-16(8-9-27-18)31-39(35,36)17-6-7-17/h3-5,8-14,17,20H,2,6-7,15H2,1H3,(H,27,31)(H,30,34)/t20-/m1/s1. The lowest BCUT2D eigenvalue weighted by Crippen LogP contribution is -2.34. The van der Waals surface area contributed by atoms with E-state index in [2.05, 4.69) is 30.0 Å². The van der Waals surface area contributed by atoms with Gasteiger partial charge in [-0.15, -0.1) is 11.3 Å². The first kappa shape index (κ1) is 26.4. The van der Waals surface area contributed by atoms with E-state index < -0.39 is 27.2 Å². The number of carbonyl (C=O) groups is 1. The molecular weight excluding hydrogens is 542 g/mol. The molecule has 0 saturated heterocycles. The summed E-state index contributed by atoms with van der Waals surface area (Å²) >= 11 is 1.13. The van der Waals surface area contributed by atoms with Crippen molar-refractivity contribution >= 4 is 33.0 Å². The summed E-state index contributed by atoms with van der Waals surface area (Å²) in [5.74, 6) is -0.119. The lowest BCUT2D eigenvalue weighted by molar-refractivity contribution is 0.0931. The molecule has 5 rings (SSSR count).